The molecule has 13 heavy (non-hydrogen) atoms. The van der Waals surface area contributed by atoms with E-state index in [0.717, 1.165) is 0 Å². The van der Waals surface area contributed by atoms with Crippen LogP contribution in [-0.4, -0.2) is 6.26 Å². The Bertz CT molecular complexity index is 357. The van der Waals surface area contributed by atoms with Gasteiger partial charge in [0.05, 0.1) is 12.5 Å². The molecule has 0 fully saturated rings. The first-order valence-corrected chi connectivity index (χ1v) is 4.81. The van der Waals surface area contributed by atoms with E-state index in [1.54, 1.807) is 12.3 Å². The molecule has 1 nitrogen and oxygen atoms in total. The van der Waals surface area contributed by atoms with Crippen LogP contribution >= 0.6 is 11.8 Å². The van der Waals surface area contributed by atoms with Crippen molar-refractivity contribution in [2.45, 2.75) is 11.3 Å². The first-order valence-electron chi connectivity index (χ1n) is 3.58. The normalized spacial score (nSPS) is 9.69. The second-order valence-corrected chi connectivity index (χ2v) is 3.23. The summed E-state index contributed by atoms with van der Waals surface area (Å²) in [4.78, 5) is 0.367. The maximum absolute atomic E-state index is 13.3. The van der Waals surface area contributed by atoms with Gasteiger partial charge in [-0.3, -0.25) is 0 Å². The molecule has 0 saturated carbocycles. The lowest BCUT2D eigenvalue weighted by Crippen LogP contribution is -1.96. The number of nitrogens with zero attached hydrogens (tertiary/aromatic N) is 1. The lowest BCUT2D eigenvalue weighted by molar-refractivity contribution is 0.546. The lowest BCUT2D eigenvalue weighted by Gasteiger charge is -2.04. The number of nitriles is 1. The molecule has 68 valence electrons. The third-order valence-corrected chi connectivity index (χ3v) is 2.38. The highest BCUT2D eigenvalue weighted by Crippen LogP contribution is 2.24. The Kier molecular flexibility index (Phi) is 3.26. The predicted molar refractivity (Wildman–Crippen MR) is 47.5 cm³/mol. The predicted octanol–water partition coefficient (Wildman–Crippen LogP) is 2.75. The number of rotatable bonds is 2. The van der Waals surface area contributed by atoms with Crippen LogP contribution in [0, 0.1) is 23.0 Å². The van der Waals surface area contributed by atoms with Crippen LogP contribution in [0.15, 0.2) is 17.0 Å². The standard InChI is InChI=1S/C9H7F2NS/c1-13-8-3-2-7(10)6(4-5-12)9(8)11/h2-3H,4H2,1H3. The van der Waals surface area contributed by atoms with Crippen LogP contribution in [0.5, 0.6) is 0 Å². The van der Waals surface area contributed by atoms with Crippen molar-refractivity contribution in [3.05, 3.63) is 29.3 Å². The summed E-state index contributed by atoms with van der Waals surface area (Å²) in [5.74, 6) is -1.27. The average molecular weight is 199 g/mol. The molecule has 1 rings (SSSR count). The fraction of sp³-hybridized carbons (Fsp3) is 0.222. The van der Waals surface area contributed by atoms with Crippen molar-refractivity contribution in [1.82, 2.24) is 0 Å². The first-order chi connectivity index (χ1) is 6.20. The summed E-state index contributed by atoms with van der Waals surface area (Å²) >= 11 is 1.19. The Hall–Kier alpha value is -1.08. The third kappa shape index (κ3) is 1.99. The zero-order valence-corrected chi connectivity index (χ0v) is 7.79. The summed E-state index contributed by atoms with van der Waals surface area (Å²) in [5.41, 5.74) is -0.144. The molecule has 1 aromatic rings. The van der Waals surface area contributed by atoms with E-state index in [1.807, 2.05) is 0 Å². The summed E-state index contributed by atoms with van der Waals surface area (Å²) in [7, 11) is 0. The highest BCUT2D eigenvalue weighted by molar-refractivity contribution is 7.98. The molecule has 0 bridgehead atoms. The molecule has 1 aromatic carbocycles. The number of benzene rings is 1. The Morgan fingerprint density at radius 3 is 2.69 bits per heavy atom. The van der Waals surface area contributed by atoms with Crippen LogP contribution in [0.1, 0.15) is 5.56 Å². The van der Waals surface area contributed by atoms with Crippen LogP contribution in [0.4, 0.5) is 8.78 Å². The van der Waals surface area contributed by atoms with Gasteiger partial charge < -0.3 is 0 Å². The third-order valence-electron chi connectivity index (χ3n) is 1.63. The van der Waals surface area contributed by atoms with Crippen LogP contribution < -0.4 is 0 Å². The van der Waals surface area contributed by atoms with Crippen LogP contribution in [0.25, 0.3) is 0 Å². The van der Waals surface area contributed by atoms with Gasteiger partial charge in [0.2, 0.25) is 0 Å². The number of hydrogen-bond donors (Lipinski definition) is 0. The van der Waals surface area contributed by atoms with Gasteiger partial charge in [-0.1, -0.05) is 0 Å². The van der Waals surface area contributed by atoms with Crippen molar-refractivity contribution in [1.29, 1.82) is 5.26 Å². The van der Waals surface area contributed by atoms with E-state index in [1.165, 1.54) is 23.9 Å². The Labute approximate surface area is 79.4 Å². The fourth-order valence-corrected chi connectivity index (χ4v) is 1.48. The van der Waals surface area contributed by atoms with E-state index in [4.69, 9.17) is 5.26 Å². The van der Waals surface area contributed by atoms with Gasteiger partial charge in [-0.25, -0.2) is 8.78 Å². The zero-order chi connectivity index (χ0) is 9.84. The second-order valence-electron chi connectivity index (χ2n) is 2.38. The molecular weight excluding hydrogens is 192 g/mol. The molecule has 0 aliphatic rings. The monoisotopic (exact) mass is 199 g/mol. The first kappa shape index (κ1) is 10.0. The van der Waals surface area contributed by atoms with Gasteiger partial charge in [0.1, 0.15) is 11.6 Å². The van der Waals surface area contributed by atoms with Gasteiger partial charge in [-0.15, -0.1) is 11.8 Å². The van der Waals surface area contributed by atoms with Gasteiger partial charge in [0, 0.05) is 10.5 Å². The number of halogens is 2. The maximum Gasteiger partial charge on any atom is 0.143 e. The van der Waals surface area contributed by atoms with Crippen LogP contribution in [0.3, 0.4) is 0 Å². The molecule has 0 N–H and O–H groups in total. The Morgan fingerprint density at radius 2 is 2.15 bits per heavy atom. The van der Waals surface area contributed by atoms with E-state index in [-0.39, 0.29) is 12.0 Å². The average Bonchev–Trinajstić information content (AvgIpc) is 2.12. The van der Waals surface area contributed by atoms with Gasteiger partial charge in [0.25, 0.3) is 0 Å². The largest absolute Gasteiger partial charge is 0.207 e. The van der Waals surface area contributed by atoms with E-state index < -0.39 is 11.6 Å². The smallest absolute Gasteiger partial charge is 0.143 e. The summed E-state index contributed by atoms with van der Waals surface area (Å²) in [6.07, 6.45) is 1.47. The minimum atomic E-state index is -0.656. The van der Waals surface area contributed by atoms with Crippen LogP contribution in [-0.2, 0) is 6.42 Å². The van der Waals surface area contributed by atoms with E-state index >= 15 is 0 Å². The van der Waals surface area contributed by atoms with Gasteiger partial charge in [-0.05, 0) is 18.4 Å². The molecule has 0 aliphatic heterocycles. The minimum Gasteiger partial charge on any atom is -0.207 e. The summed E-state index contributed by atoms with van der Waals surface area (Å²) in [6, 6.07) is 4.28. The van der Waals surface area contributed by atoms with Crippen molar-refractivity contribution in [2.24, 2.45) is 0 Å². The van der Waals surface area contributed by atoms with E-state index in [9.17, 15) is 8.78 Å². The highest BCUT2D eigenvalue weighted by atomic mass is 32.2. The van der Waals surface area contributed by atoms with Crippen molar-refractivity contribution >= 4 is 11.8 Å². The van der Waals surface area contributed by atoms with Gasteiger partial charge >= 0.3 is 0 Å². The molecule has 0 atom stereocenters. The molecule has 0 unspecified atom stereocenters. The van der Waals surface area contributed by atoms with E-state index in [2.05, 4.69) is 0 Å². The summed E-state index contributed by atoms with van der Waals surface area (Å²) < 4.78 is 26.3. The SMILES string of the molecule is CSc1ccc(F)c(CC#N)c1F. The molecule has 0 aliphatic carbocycles. The van der Waals surface area contributed by atoms with Crippen LogP contribution in [0.2, 0.25) is 0 Å². The molecule has 0 amide bonds. The van der Waals surface area contributed by atoms with Crippen molar-refractivity contribution in [3.63, 3.8) is 0 Å². The molecule has 4 heteroatoms. The maximum atomic E-state index is 13.3. The number of thioether (sulfide) groups is 1. The number of hydrogen-bond acceptors (Lipinski definition) is 2. The molecule has 0 radical (unpaired) electrons. The molecule has 0 saturated heterocycles. The topological polar surface area (TPSA) is 23.8 Å². The molecular formula is C9H7F2NS. The van der Waals surface area contributed by atoms with Crippen molar-refractivity contribution in [2.75, 3.05) is 6.26 Å². The van der Waals surface area contributed by atoms with Gasteiger partial charge in [0.15, 0.2) is 0 Å². The Morgan fingerprint density at radius 1 is 1.46 bits per heavy atom. The second kappa shape index (κ2) is 4.24. The molecule has 0 spiro atoms. The summed E-state index contributed by atoms with van der Waals surface area (Å²) in [5, 5.41) is 8.34. The van der Waals surface area contributed by atoms with Gasteiger partial charge in [-0.2, -0.15) is 5.26 Å². The molecule has 0 aromatic heterocycles. The summed E-state index contributed by atoms with van der Waals surface area (Å²) in [6.45, 7) is 0. The van der Waals surface area contributed by atoms with Crippen molar-refractivity contribution in [3.8, 4) is 6.07 Å². The van der Waals surface area contributed by atoms with Crippen molar-refractivity contribution < 1.29 is 8.78 Å². The lowest BCUT2D eigenvalue weighted by atomic mass is 10.1. The highest BCUT2D eigenvalue weighted by Gasteiger charge is 2.12. The Balaban J connectivity index is 3.23. The zero-order valence-electron chi connectivity index (χ0n) is 6.97. The quantitative estimate of drug-likeness (QED) is 0.684. The molecule has 0 heterocycles. The van der Waals surface area contributed by atoms with E-state index in [0.29, 0.717) is 4.90 Å². The fourth-order valence-electron chi connectivity index (χ4n) is 0.975. The minimum absolute atomic E-state index is 0.144.